The van der Waals surface area contributed by atoms with E-state index in [-0.39, 0.29) is 12.1 Å². The van der Waals surface area contributed by atoms with Crippen molar-refractivity contribution in [2.24, 2.45) is 5.92 Å². The van der Waals surface area contributed by atoms with Crippen molar-refractivity contribution in [3.05, 3.63) is 0 Å². The van der Waals surface area contributed by atoms with Crippen LogP contribution in [-0.4, -0.2) is 30.8 Å². The largest absolute Gasteiger partial charge is 0.444 e. The molecule has 17 heavy (non-hydrogen) atoms. The van der Waals surface area contributed by atoms with Gasteiger partial charge in [0.1, 0.15) is 5.60 Å². The molecule has 0 radical (unpaired) electrons. The van der Waals surface area contributed by atoms with Gasteiger partial charge in [0, 0.05) is 6.04 Å². The Morgan fingerprint density at radius 2 is 2.00 bits per heavy atom. The van der Waals surface area contributed by atoms with Crippen LogP contribution < -0.4 is 10.6 Å². The molecule has 1 aliphatic rings. The monoisotopic (exact) mass is 242 g/mol. The van der Waals surface area contributed by atoms with Gasteiger partial charge in [-0.2, -0.15) is 0 Å². The summed E-state index contributed by atoms with van der Waals surface area (Å²) in [6.45, 7) is 9.88. The first-order valence-corrected chi connectivity index (χ1v) is 6.62. The van der Waals surface area contributed by atoms with E-state index in [0.29, 0.717) is 5.92 Å². The molecule has 0 aliphatic carbocycles. The fourth-order valence-corrected chi connectivity index (χ4v) is 2.26. The lowest BCUT2D eigenvalue weighted by molar-refractivity contribution is 0.0476. The molecule has 2 N–H and O–H groups in total. The van der Waals surface area contributed by atoms with Crippen molar-refractivity contribution in [2.45, 2.75) is 58.6 Å². The fourth-order valence-electron chi connectivity index (χ4n) is 2.26. The highest BCUT2D eigenvalue weighted by atomic mass is 16.6. The van der Waals surface area contributed by atoms with Crippen molar-refractivity contribution in [3.8, 4) is 0 Å². The third kappa shape index (κ3) is 5.39. The fraction of sp³-hybridized carbons (Fsp3) is 0.923. The third-order valence-corrected chi connectivity index (χ3v) is 3.09. The predicted octanol–water partition coefficient (Wildman–Crippen LogP) is 2.29. The van der Waals surface area contributed by atoms with Crippen molar-refractivity contribution < 1.29 is 9.53 Å². The number of carbonyl (C=O) groups excluding carboxylic acids is 1. The lowest BCUT2D eigenvalue weighted by atomic mass is 9.89. The summed E-state index contributed by atoms with van der Waals surface area (Å²) in [7, 11) is 0. The number of rotatable bonds is 3. The summed E-state index contributed by atoms with van der Waals surface area (Å²) in [5.74, 6) is 0.578. The standard InChI is InChI=1S/C13H26N2O2/c1-5-11(10-6-8-14-9-7-10)15-12(16)17-13(2,3)4/h10-11,14H,5-9H2,1-4H3,(H,15,16). The van der Waals surface area contributed by atoms with Crippen LogP contribution >= 0.6 is 0 Å². The van der Waals surface area contributed by atoms with Gasteiger partial charge in [0.05, 0.1) is 0 Å². The Bertz CT molecular complexity index is 242. The smallest absolute Gasteiger partial charge is 0.407 e. The Kier molecular flexibility index (Phi) is 5.25. The van der Waals surface area contributed by atoms with Gasteiger partial charge in [-0.1, -0.05) is 6.92 Å². The normalized spacial score (nSPS) is 19.8. The Morgan fingerprint density at radius 1 is 1.41 bits per heavy atom. The Hall–Kier alpha value is -0.770. The van der Waals surface area contributed by atoms with Gasteiger partial charge in [0.15, 0.2) is 0 Å². The van der Waals surface area contributed by atoms with Crippen LogP contribution in [0.15, 0.2) is 0 Å². The predicted molar refractivity (Wildman–Crippen MR) is 69.0 cm³/mol. The van der Waals surface area contributed by atoms with Crippen molar-refractivity contribution >= 4 is 6.09 Å². The van der Waals surface area contributed by atoms with Crippen molar-refractivity contribution in [3.63, 3.8) is 0 Å². The van der Waals surface area contributed by atoms with E-state index in [9.17, 15) is 4.79 Å². The highest BCUT2D eigenvalue weighted by Crippen LogP contribution is 2.19. The summed E-state index contributed by atoms with van der Waals surface area (Å²) in [4.78, 5) is 11.7. The zero-order valence-electron chi connectivity index (χ0n) is 11.5. The summed E-state index contributed by atoms with van der Waals surface area (Å²) < 4.78 is 5.30. The van der Waals surface area contributed by atoms with Crippen molar-refractivity contribution in [2.75, 3.05) is 13.1 Å². The summed E-state index contributed by atoms with van der Waals surface area (Å²) in [5, 5.41) is 6.35. The van der Waals surface area contributed by atoms with Crippen LogP contribution in [-0.2, 0) is 4.74 Å². The molecule has 0 aromatic rings. The number of carbonyl (C=O) groups is 1. The first-order chi connectivity index (χ1) is 7.92. The maximum atomic E-state index is 11.7. The molecule has 100 valence electrons. The van der Waals surface area contributed by atoms with E-state index in [1.165, 1.54) is 0 Å². The summed E-state index contributed by atoms with van der Waals surface area (Å²) >= 11 is 0. The second kappa shape index (κ2) is 6.24. The van der Waals surface area contributed by atoms with Gasteiger partial charge in [0.2, 0.25) is 0 Å². The molecule has 1 fully saturated rings. The van der Waals surface area contributed by atoms with Crippen LogP contribution in [0.1, 0.15) is 47.0 Å². The van der Waals surface area contributed by atoms with E-state index in [2.05, 4.69) is 17.6 Å². The highest BCUT2D eigenvalue weighted by molar-refractivity contribution is 5.68. The Balaban J connectivity index is 2.42. The van der Waals surface area contributed by atoms with Gasteiger partial charge < -0.3 is 15.4 Å². The van der Waals surface area contributed by atoms with Crippen molar-refractivity contribution in [1.82, 2.24) is 10.6 Å². The summed E-state index contributed by atoms with van der Waals surface area (Å²) in [6, 6.07) is 0.243. The van der Waals surface area contributed by atoms with Crippen LogP contribution in [0.4, 0.5) is 4.79 Å². The quantitative estimate of drug-likeness (QED) is 0.798. The SMILES string of the molecule is CCC(NC(=O)OC(C)(C)C)C1CCNCC1. The van der Waals surface area contributed by atoms with Crippen molar-refractivity contribution in [1.29, 1.82) is 0 Å². The lowest BCUT2D eigenvalue weighted by Crippen LogP contribution is -2.45. The number of nitrogens with one attached hydrogen (secondary N) is 2. The number of alkyl carbamates (subject to hydrolysis) is 1. The average Bonchev–Trinajstić information content (AvgIpc) is 2.24. The van der Waals surface area contributed by atoms with Gasteiger partial charge in [0.25, 0.3) is 0 Å². The lowest BCUT2D eigenvalue weighted by Gasteiger charge is -2.31. The first-order valence-electron chi connectivity index (χ1n) is 6.62. The highest BCUT2D eigenvalue weighted by Gasteiger charge is 2.25. The van der Waals surface area contributed by atoms with Gasteiger partial charge in [-0.05, 0) is 59.0 Å². The molecule has 1 rings (SSSR count). The van der Waals surface area contributed by atoms with Crippen LogP contribution in [0.2, 0.25) is 0 Å². The second-order valence-corrected chi connectivity index (χ2v) is 5.75. The molecular weight excluding hydrogens is 216 g/mol. The molecule has 1 heterocycles. The molecule has 1 saturated heterocycles. The van der Waals surface area contributed by atoms with E-state index < -0.39 is 5.60 Å². The molecule has 0 bridgehead atoms. The number of amides is 1. The zero-order valence-corrected chi connectivity index (χ0v) is 11.5. The van der Waals surface area contributed by atoms with Gasteiger partial charge in [-0.15, -0.1) is 0 Å². The first kappa shape index (κ1) is 14.3. The molecule has 1 unspecified atom stereocenters. The van der Waals surface area contributed by atoms with Crippen LogP contribution in [0.5, 0.6) is 0 Å². The van der Waals surface area contributed by atoms with Crippen LogP contribution in [0.25, 0.3) is 0 Å². The molecule has 0 saturated carbocycles. The number of ether oxygens (including phenoxy) is 1. The molecule has 1 aliphatic heterocycles. The number of piperidine rings is 1. The molecule has 0 aromatic heterocycles. The van der Waals surface area contributed by atoms with E-state index in [1.54, 1.807) is 0 Å². The molecule has 4 nitrogen and oxygen atoms in total. The third-order valence-electron chi connectivity index (χ3n) is 3.09. The summed E-state index contributed by atoms with van der Waals surface area (Å²) in [5.41, 5.74) is -0.420. The second-order valence-electron chi connectivity index (χ2n) is 5.75. The average molecular weight is 242 g/mol. The van der Waals surface area contributed by atoms with Crippen LogP contribution in [0, 0.1) is 5.92 Å². The molecular formula is C13H26N2O2. The molecule has 4 heteroatoms. The van der Waals surface area contributed by atoms with Gasteiger partial charge in [-0.25, -0.2) is 4.79 Å². The molecule has 1 amide bonds. The minimum absolute atomic E-state index is 0.243. The molecule has 1 atom stereocenters. The van der Waals surface area contributed by atoms with Gasteiger partial charge >= 0.3 is 6.09 Å². The topological polar surface area (TPSA) is 50.4 Å². The van der Waals surface area contributed by atoms with E-state index in [0.717, 1.165) is 32.4 Å². The van der Waals surface area contributed by atoms with E-state index >= 15 is 0 Å². The minimum atomic E-state index is -0.420. The zero-order chi connectivity index (χ0) is 12.9. The Morgan fingerprint density at radius 3 is 2.47 bits per heavy atom. The molecule has 0 spiro atoms. The van der Waals surface area contributed by atoms with E-state index in [1.807, 2.05) is 20.8 Å². The van der Waals surface area contributed by atoms with Gasteiger partial charge in [-0.3, -0.25) is 0 Å². The maximum Gasteiger partial charge on any atom is 0.407 e. The minimum Gasteiger partial charge on any atom is -0.444 e. The molecule has 0 aromatic carbocycles. The number of hydrogen-bond donors (Lipinski definition) is 2. The number of hydrogen-bond acceptors (Lipinski definition) is 3. The summed E-state index contributed by atoms with van der Waals surface area (Å²) in [6.07, 6.45) is 2.94. The van der Waals surface area contributed by atoms with Crippen LogP contribution in [0.3, 0.4) is 0 Å². The van der Waals surface area contributed by atoms with E-state index in [4.69, 9.17) is 4.74 Å². The Labute approximate surface area is 104 Å². The maximum absolute atomic E-state index is 11.7.